The van der Waals surface area contributed by atoms with Crippen LogP contribution in [0.25, 0.3) is 0 Å². The molecule has 0 bridgehead atoms. The van der Waals surface area contributed by atoms with E-state index in [9.17, 15) is 0 Å². The highest BCUT2D eigenvalue weighted by Gasteiger charge is 1.92. The van der Waals surface area contributed by atoms with Gasteiger partial charge in [-0.25, -0.2) is 15.0 Å². The molecule has 0 amide bonds. The van der Waals surface area contributed by atoms with Crippen molar-refractivity contribution in [1.29, 1.82) is 0 Å². The second-order valence-electron chi connectivity index (χ2n) is 3.21. The Hall–Kier alpha value is -1.91. The lowest BCUT2D eigenvalue weighted by molar-refractivity contribution is 0.660. The summed E-state index contributed by atoms with van der Waals surface area (Å²) in [6.45, 7) is 1.88. The quantitative estimate of drug-likeness (QED) is 0.741. The van der Waals surface area contributed by atoms with E-state index in [0.29, 0.717) is 0 Å². The minimum absolute atomic E-state index is 0.908. The van der Waals surface area contributed by atoms with Crippen molar-refractivity contribution in [3.8, 4) is 0 Å². The van der Waals surface area contributed by atoms with Gasteiger partial charge < -0.3 is 9.88 Å². The molecule has 0 saturated heterocycles. The Balaban J connectivity index is 1.68. The maximum absolute atomic E-state index is 3.98. The summed E-state index contributed by atoms with van der Waals surface area (Å²) in [4.78, 5) is 11.8. The summed E-state index contributed by atoms with van der Waals surface area (Å²) in [7, 11) is 0. The molecule has 5 nitrogen and oxygen atoms in total. The second-order valence-corrected chi connectivity index (χ2v) is 3.21. The fourth-order valence-electron chi connectivity index (χ4n) is 1.30. The number of hydrogen-bond donors (Lipinski definition) is 1. The van der Waals surface area contributed by atoms with E-state index < -0.39 is 0 Å². The molecule has 0 spiro atoms. The third-order valence-corrected chi connectivity index (χ3v) is 2.04. The maximum Gasteiger partial charge on any atom is 0.115 e. The van der Waals surface area contributed by atoms with Crippen molar-refractivity contribution < 1.29 is 0 Å². The van der Waals surface area contributed by atoms with Gasteiger partial charge in [-0.05, 0) is 6.42 Å². The molecule has 0 unspecified atom stereocenters. The lowest BCUT2D eigenvalue weighted by Gasteiger charge is -2.05. The Morgan fingerprint density at radius 3 is 2.80 bits per heavy atom. The van der Waals surface area contributed by atoms with E-state index in [0.717, 1.165) is 25.2 Å². The summed E-state index contributed by atoms with van der Waals surface area (Å²) in [5.74, 6) is 0. The largest absolute Gasteiger partial charge is 0.382 e. The first-order valence-corrected chi connectivity index (χ1v) is 4.90. The molecule has 2 aromatic heterocycles. The normalized spacial score (nSPS) is 10.1. The number of rotatable bonds is 5. The monoisotopic (exact) mass is 203 g/mol. The topological polar surface area (TPSA) is 55.6 Å². The number of imidazole rings is 1. The number of nitrogens with one attached hydrogen (secondary N) is 1. The summed E-state index contributed by atoms with van der Waals surface area (Å²) in [6, 6.07) is 0. The SMILES string of the molecule is c1cn(CCCNc2cncnc2)cn1. The molecular weight excluding hydrogens is 190 g/mol. The highest BCUT2D eigenvalue weighted by atomic mass is 15.0. The summed E-state index contributed by atoms with van der Waals surface area (Å²) in [5, 5.41) is 3.25. The predicted octanol–water partition coefficient (Wildman–Crippen LogP) is 1.18. The van der Waals surface area contributed by atoms with Gasteiger partial charge in [-0.15, -0.1) is 0 Å². The minimum Gasteiger partial charge on any atom is -0.382 e. The summed E-state index contributed by atoms with van der Waals surface area (Å²) >= 11 is 0. The fourth-order valence-corrected chi connectivity index (χ4v) is 1.30. The van der Waals surface area contributed by atoms with Crippen LogP contribution in [0.3, 0.4) is 0 Å². The highest BCUT2D eigenvalue weighted by molar-refractivity contribution is 5.36. The lowest BCUT2D eigenvalue weighted by atomic mass is 10.4. The Bertz CT molecular complexity index is 370. The van der Waals surface area contributed by atoms with Crippen LogP contribution in [0.5, 0.6) is 0 Å². The van der Waals surface area contributed by atoms with Gasteiger partial charge in [-0.2, -0.15) is 0 Å². The molecule has 15 heavy (non-hydrogen) atoms. The van der Waals surface area contributed by atoms with Crippen LogP contribution < -0.4 is 5.32 Å². The number of hydrogen-bond acceptors (Lipinski definition) is 4. The van der Waals surface area contributed by atoms with Crippen molar-refractivity contribution >= 4 is 5.69 Å². The zero-order valence-corrected chi connectivity index (χ0v) is 8.37. The summed E-state index contributed by atoms with van der Waals surface area (Å²) in [6.07, 6.45) is 11.7. The van der Waals surface area contributed by atoms with Gasteiger partial charge in [-0.1, -0.05) is 0 Å². The van der Waals surface area contributed by atoms with E-state index in [-0.39, 0.29) is 0 Å². The van der Waals surface area contributed by atoms with Crippen molar-refractivity contribution in [3.63, 3.8) is 0 Å². The third-order valence-electron chi connectivity index (χ3n) is 2.04. The number of aromatic nitrogens is 4. The van der Waals surface area contributed by atoms with Crippen LogP contribution in [0.2, 0.25) is 0 Å². The number of anilines is 1. The Labute approximate surface area is 88.2 Å². The molecule has 78 valence electrons. The minimum atomic E-state index is 0.908. The summed E-state index contributed by atoms with van der Waals surface area (Å²) in [5.41, 5.74) is 0.961. The van der Waals surface area contributed by atoms with E-state index in [4.69, 9.17) is 0 Å². The zero-order valence-electron chi connectivity index (χ0n) is 8.37. The Kier molecular flexibility index (Phi) is 3.27. The molecule has 0 radical (unpaired) electrons. The van der Waals surface area contributed by atoms with Crippen LogP contribution >= 0.6 is 0 Å². The van der Waals surface area contributed by atoms with Gasteiger partial charge in [0.1, 0.15) is 6.33 Å². The van der Waals surface area contributed by atoms with Gasteiger partial charge >= 0.3 is 0 Å². The van der Waals surface area contributed by atoms with Crippen LogP contribution in [-0.2, 0) is 6.54 Å². The molecule has 0 fully saturated rings. The Morgan fingerprint density at radius 1 is 1.20 bits per heavy atom. The molecular formula is C10H13N5. The van der Waals surface area contributed by atoms with Crippen LogP contribution in [0.15, 0.2) is 37.4 Å². The summed E-state index contributed by atoms with van der Waals surface area (Å²) < 4.78 is 2.06. The van der Waals surface area contributed by atoms with Gasteiger partial charge in [0.05, 0.1) is 24.4 Å². The molecule has 0 atom stereocenters. The standard InChI is InChI=1S/C10H13N5/c1(4-15-5-3-11-9-15)2-14-10-6-12-8-13-7-10/h3,5-9,14H,1-2,4H2. The van der Waals surface area contributed by atoms with Crippen molar-refractivity contribution in [2.45, 2.75) is 13.0 Å². The third kappa shape index (κ3) is 3.05. The van der Waals surface area contributed by atoms with Crippen molar-refractivity contribution in [1.82, 2.24) is 19.5 Å². The van der Waals surface area contributed by atoms with Gasteiger partial charge in [-0.3, -0.25) is 0 Å². The first kappa shape index (κ1) is 9.64. The number of aryl methyl sites for hydroxylation is 1. The van der Waals surface area contributed by atoms with E-state index in [2.05, 4.69) is 24.8 Å². The maximum atomic E-state index is 3.98. The van der Waals surface area contributed by atoms with Crippen LogP contribution in [0.4, 0.5) is 5.69 Å². The lowest BCUT2D eigenvalue weighted by Crippen LogP contribution is -2.06. The highest BCUT2D eigenvalue weighted by Crippen LogP contribution is 2.00. The molecule has 2 aromatic rings. The van der Waals surface area contributed by atoms with E-state index in [1.165, 1.54) is 6.33 Å². The number of nitrogens with zero attached hydrogens (tertiary/aromatic N) is 4. The van der Waals surface area contributed by atoms with Gasteiger partial charge in [0.25, 0.3) is 0 Å². The molecule has 0 aliphatic rings. The van der Waals surface area contributed by atoms with E-state index in [1.54, 1.807) is 18.6 Å². The average Bonchev–Trinajstić information content (AvgIpc) is 2.79. The first-order valence-electron chi connectivity index (χ1n) is 4.90. The molecule has 1 N–H and O–H groups in total. The Morgan fingerprint density at radius 2 is 2.07 bits per heavy atom. The predicted molar refractivity (Wildman–Crippen MR) is 57.4 cm³/mol. The average molecular weight is 203 g/mol. The molecule has 2 rings (SSSR count). The first-order chi connectivity index (χ1) is 7.45. The molecule has 0 aliphatic heterocycles. The van der Waals surface area contributed by atoms with Crippen molar-refractivity contribution in [2.24, 2.45) is 0 Å². The second kappa shape index (κ2) is 5.09. The van der Waals surface area contributed by atoms with Crippen molar-refractivity contribution in [3.05, 3.63) is 37.4 Å². The fraction of sp³-hybridized carbons (Fsp3) is 0.300. The van der Waals surface area contributed by atoms with E-state index >= 15 is 0 Å². The molecule has 0 aromatic carbocycles. The molecule has 2 heterocycles. The van der Waals surface area contributed by atoms with Crippen LogP contribution in [0.1, 0.15) is 6.42 Å². The van der Waals surface area contributed by atoms with E-state index in [1.807, 2.05) is 12.5 Å². The molecule has 0 aliphatic carbocycles. The molecule has 5 heteroatoms. The van der Waals surface area contributed by atoms with Crippen LogP contribution in [-0.4, -0.2) is 26.1 Å². The smallest absolute Gasteiger partial charge is 0.115 e. The zero-order chi connectivity index (χ0) is 10.3. The van der Waals surface area contributed by atoms with Gasteiger partial charge in [0.2, 0.25) is 0 Å². The van der Waals surface area contributed by atoms with Gasteiger partial charge in [0, 0.05) is 25.5 Å². The van der Waals surface area contributed by atoms with Gasteiger partial charge in [0.15, 0.2) is 0 Å². The molecule has 0 saturated carbocycles. The van der Waals surface area contributed by atoms with Crippen LogP contribution in [0, 0.1) is 0 Å². The van der Waals surface area contributed by atoms with Crippen molar-refractivity contribution in [2.75, 3.05) is 11.9 Å².